The maximum Gasteiger partial charge on any atom is 0.234 e. The Bertz CT molecular complexity index is 1200. The molecule has 6 nitrogen and oxygen atoms in total. The fourth-order valence-corrected chi connectivity index (χ4v) is 4.27. The molecule has 0 unspecified atom stereocenters. The number of para-hydroxylation sites is 1. The summed E-state index contributed by atoms with van der Waals surface area (Å²) in [4.78, 5) is 14.8. The molecule has 2 heterocycles. The molecule has 0 fully saturated rings. The van der Waals surface area contributed by atoms with E-state index in [1.165, 1.54) is 5.57 Å². The van der Waals surface area contributed by atoms with Gasteiger partial charge in [-0.3, -0.25) is 9.69 Å². The number of nitrogens with one attached hydrogen (secondary N) is 1. The number of rotatable bonds is 8. The summed E-state index contributed by atoms with van der Waals surface area (Å²) in [6.07, 6.45) is 3.95. The van der Waals surface area contributed by atoms with Gasteiger partial charge in [-0.05, 0) is 60.2 Å². The van der Waals surface area contributed by atoms with Crippen molar-refractivity contribution in [3.8, 4) is 11.8 Å². The first kappa shape index (κ1) is 23.5. The number of amides is 1. The van der Waals surface area contributed by atoms with Gasteiger partial charge in [0.05, 0.1) is 36.1 Å². The molecule has 174 valence electrons. The van der Waals surface area contributed by atoms with Crippen molar-refractivity contribution in [1.29, 1.82) is 5.26 Å². The lowest BCUT2D eigenvalue weighted by molar-refractivity contribution is -0.122. The Morgan fingerprint density at radius 3 is 2.68 bits per heavy atom. The van der Waals surface area contributed by atoms with E-state index in [0.29, 0.717) is 24.6 Å². The van der Waals surface area contributed by atoms with Gasteiger partial charge in [0, 0.05) is 18.8 Å². The molecular weight excluding hydrogens is 422 g/mol. The van der Waals surface area contributed by atoms with Gasteiger partial charge in [0.15, 0.2) is 0 Å². The number of aromatic nitrogens is 2. The average Bonchev–Trinajstić information content (AvgIpc) is 3.25. The molecule has 1 aliphatic heterocycles. The second-order valence-electron chi connectivity index (χ2n) is 9.16. The summed E-state index contributed by atoms with van der Waals surface area (Å²) >= 11 is 0. The zero-order valence-electron chi connectivity index (χ0n) is 19.9. The summed E-state index contributed by atoms with van der Waals surface area (Å²) in [5, 5.41) is 16.9. The van der Waals surface area contributed by atoms with Crippen molar-refractivity contribution in [3.63, 3.8) is 0 Å². The maximum absolute atomic E-state index is 12.6. The minimum Gasteiger partial charge on any atom is -0.349 e. The smallest absolute Gasteiger partial charge is 0.234 e. The molecule has 1 aliphatic rings. The molecule has 1 aromatic heterocycles. The van der Waals surface area contributed by atoms with Crippen molar-refractivity contribution in [1.82, 2.24) is 20.0 Å². The number of nitrogens with zero attached hydrogens (tertiary/aromatic N) is 4. The predicted molar refractivity (Wildman–Crippen MR) is 134 cm³/mol. The van der Waals surface area contributed by atoms with Crippen molar-refractivity contribution < 1.29 is 4.79 Å². The van der Waals surface area contributed by atoms with Crippen molar-refractivity contribution in [2.45, 2.75) is 33.2 Å². The topological polar surface area (TPSA) is 74.0 Å². The molecule has 0 saturated carbocycles. The van der Waals surface area contributed by atoms with Gasteiger partial charge in [0.2, 0.25) is 5.91 Å². The van der Waals surface area contributed by atoms with Crippen LogP contribution in [0.5, 0.6) is 0 Å². The number of benzene rings is 2. The zero-order valence-corrected chi connectivity index (χ0v) is 19.9. The Morgan fingerprint density at radius 1 is 1.15 bits per heavy atom. The molecule has 0 aliphatic carbocycles. The van der Waals surface area contributed by atoms with Crippen LogP contribution in [0.25, 0.3) is 11.3 Å². The lowest BCUT2D eigenvalue weighted by atomic mass is 9.98. The molecule has 0 saturated heterocycles. The van der Waals surface area contributed by atoms with Crippen molar-refractivity contribution in [2.75, 3.05) is 19.6 Å². The Balaban J connectivity index is 1.33. The summed E-state index contributed by atoms with van der Waals surface area (Å²) < 4.78 is 1.99. The highest BCUT2D eigenvalue weighted by Gasteiger charge is 2.17. The SMILES string of the molecule is CC(C)Cc1cc(CNC(=O)CN2CC=C(c3cccc(C#N)c3)CC2)nn1-c1ccccc1. The Hall–Kier alpha value is -3.69. The van der Waals surface area contributed by atoms with E-state index in [1.807, 2.05) is 59.3 Å². The van der Waals surface area contributed by atoms with E-state index < -0.39 is 0 Å². The van der Waals surface area contributed by atoms with Gasteiger partial charge >= 0.3 is 0 Å². The highest BCUT2D eigenvalue weighted by molar-refractivity contribution is 5.78. The molecule has 2 aromatic carbocycles. The van der Waals surface area contributed by atoms with Crippen LogP contribution in [0.3, 0.4) is 0 Å². The number of hydrogen-bond acceptors (Lipinski definition) is 4. The maximum atomic E-state index is 12.6. The van der Waals surface area contributed by atoms with Crippen LogP contribution < -0.4 is 5.32 Å². The summed E-state index contributed by atoms with van der Waals surface area (Å²) in [7, 11) is 0. The Kier molecular flexibility index (Phi) is 7.56. The predicted octanol–water partition coefficient (Wildman–Crippen LogP) is 4.35. The van der Waals surface area contributed by atoms with Gasteiger partial charge in [0.1, 0.15) is 0 Å². The molecule has 0 atom stereocenters. The highest BCUT2D eigenvalue weighted by Crippen LogP contribution is 2.23. The number of carbonyl (C=O) groups is 1. The summed E-state index contributed by atoms with van der Waals surface area (Å²) in [6, 6.07) is 22.1. The molecular formula is C28H31N5O. The Labute approximate surface area is 201 Å². The molecule has 3 aromatic rings. The Morgan fingerprint density at radius 2 is 1.97 bits per heavy atom. The molecule has 4 rings (SSSR count). The van der Waals surface area contributed by atoms with Gasteiger partial charge in [0.25, 0.3) is 0 Å². The molecule has 0 bridgehead atoms. The first-order chi connectivity index (χ1) is 16.5. The fourth-order valence-electron chi connectivity index (χ4n) is 4.27. The minimum atomic E-state index is 0.00278. The summed E-state index contributed by atoms with van der Waals surface area (Å²) in [5.74, 6) is 0.518. The van der Waals surface area contributed by atoms with Crippen LogP contribution in [0.2, 0.25) is 0 Å². The highest BCUT2D eigenvalue weighted by atomic mass is 16.2. The largest absolute Gasteiger partial charge is 0.349 e. The van der Waals surface area contributed by atoms with Gasteiger partial charge in [-0.25, -0.2) is 4.68 Å². The minimum absolute atomic E-state index is 0.00278. The normalized spacial score (nSPS) is 14.0. The number of nitriles is 1. The fraction of sp³-hybridized carbons (Fsp3) is 0.321. The number of hydrogen-bond donors (Lipinski definition) is 1. The van der Waals surface area contributed by atoms with Crippen LogP contribution >= 0.6 is 0 Å². The van der Waals surface area contributed by atoms with Crippen molar-refractivity contribution >= 4 is 11.5 Å². The summed E-state index contributed by atoms with van der Waals surface area (Å²) in [6.45, 7) is 6.71. The van der Waals surface area contributed by atoms with E-state index >= 15 is 0 Å². The van der Waals surface area contributed by atoms with Crippen LogP contribution in [-0.4, -0.2) is 40.2 Å². The standard InChI is InChI=1S/C28H31N5O/c1-21(2)15-27-17-25(31-33(27)26-9-4-3-5-10-26)19-30-28(34)20-32-13-11-23(12-14-32)24-8-6-7-22(16-24)18-29/h3-11,16-17,21H,12-15,19-20H2,1-2H3,(H,30,34). The molecule has 34 heavy (non-hydrogen) atoms. The van der Waals surface area contributed by atoms with Gasteiger partial charge in [-0.1, -0.05) is 50.3 Å². The van der Waals surface area contributed by atoms with E-state index in [-0.39, 0.29) is 5.91 Å². The van der Waals surface area contributed by atoms with E-state index in [9.17, 15) is 4.79 Å². The van der Waals surface area contributed by atoms with E-state index in [1.54, 1.807) is 0 Å². The van der Waals surface area contributed by atoms with Gasteiger partial charge < -0.3 is 5.32 Å². The molecule has 1 N–H and O–H groups in total. The molecule has 6 heteroatoms. The van der Waals surface area contributed by atoms with Gasteiger partial charge in [-0.2, -0.15) is 10.4 Å². The van der Waals surface area contributed by atoms with Crippen molar-refractivity contribution in [2.24, 2.45) is 5.92 Å². The average molecular weight is 454 g/mol. The second kappa shape index (κ2) is 11.0. The third-order valence-electron chi connectivity index (χ3n) is 5.94. The van der Waals surface area contributed by atoms with Crippen molar-refractivity contribution in [3.05, 3.63) is 89.3 Å². The third kappa shape index (κ3) is 6.00. The first-order valence-corrected chi connectivity index (χ1v) is 11.8. The lowest BCUT2D eigenvalue weighted by Crippen LogP contribution is -2.39. The van der Waals surface area contributed by atoms with Crippen LogP contribution in [0.15, 0.2) is 66.7 Å². The zero-order chi connectivity index (χ0) is 23.9. The summed E-state index contributed by atoms with van der Waals surface area (Å²) in [5.41, 5.74) is 6.05. The lowest BCUT2D eigenvalue weighted by Gasteiger charge is -2.25. The number of carbonyl (C=O) groups excluding carboxylic acids is 1. The van der Waals surface area contributed by atoms with Gasteiger partial charge in [-0.15, -0.1) is 0 Å². The second-order valence-corrected chi connectivity index (χ2v) is 9.16. The van der Waals surface area contributed by atoms with E-state index in [2.05, 4.69) is 42.3 Å². The first-order valence-electron chi connectivity index (χ1n) is 11.8. The van der Waals surface area contributed by atoms with Crippen LogP contribution in [0.4, 0.5) is 0 Å². The third-order valence-corrected chi connectivity index (χ3v) is 5.94. The molecule has 1 amide bonds. The van der Waals surface area contributed by atoms with Crippen LogP contribution in [-0.2, 0) is 17.8 Å². The quantitative estimate of drug-likeness (QED) is 0.550. The van der Waals surface area contributed by atoms with Crippen LogP contribution in [0.1, 0.15) is 42.8 Å². The van der Waals surface area contributed by atoms with E-state index in [4.69, 9.17) is 10.4 Å². The molecule has 0 radical (unpaired) electrons. The monoisotopic (exact) mass is 453 g/mol. The van der Waals surface area contributed by atoms with E-state index in [0.717, 1.165) is 48.6 Å². The van der Waals surface area contributed by atoms with Crippen LogP contribution in [0, 0.1) is 17.2 Å². The molecule has 0 spiro atoms.